The molecule has 0 radical (unpaired) electrons. The molecule has 6 N–H and O–H groups in total. The van der Waals surface area contributed by atoms with Crippen LogP contribution in [0.4, 0.5) is 10.5 Å². The molecule has 0 saturated carbocycles. The number of carbonyl (C=O) groups excluding carboxylic acids is 3. The summed E-state index contributed by atoms with van der Waals surface area (Å²) >= 11 is 5.93. The predicted molar refractivity (Wildman–Crippen MR) is 147 cm³/mol. The summed E-state index contributed by atoms with van der Waals surface area (Å²) in [7, 11) is 1.33. The highest BCUT2D eigenvalue weighted by atomic mass is 35.5. The number of aldehydes is 1. The number of aliphatic hydroxyl groups is 3. The second-order valence-corrected chi connectivity index (χ2v) is 8.36. The largest absolute Gasteiger partial charge is 0.442 e. The van der Waals surface area contributed by atoms with Gasteiger partial charge in [0.2, 0.25) is 12.4 Å². The maximum Gasteiger partial charge on any atom is 0.324 e. The van der Waals surface area contributed by atoms with Crippen molar-refractivity contribution in [3.63, 3.8) is 0 Å². The van der Waals surface area contributed by atoms with E-state index in [1.807, 2.05) is 13.8 Å². The second-order valence-electron chi connectivity index (χ2n) is 7.92. The molecule has 0 fully saturated rings. The third-order valence-electron chi connectivity index (χ3n) is 4.89. The molecular formula is C26H34ClN5O7. The van der Waals surface area contributed by atoms with Crippen LogP contribution in [0.25, 0.3) is 0 Å². The number of rotatable bonds is 11. The van der Waals surface area contributed by atoms with Gasteiger partial charge in [0, 0.05) is 18.1 Å². The fourth-order valence-corrected chi connectivity index (χ4v) is 3.04. The molecule has 0 spiro atoms. The Bertz CT molecular complexity index is 1120. The highest BCUT2D eigenvalue weighted by Crippen LogP contribution is 2.20. The van der Waals surface area contributed by atoms with Gasteiger partial charge in [-0.2, -0.15) is 0 Å². The maximum atomic E-state index is 12.8. The fraction of sp³-hybridized carbons (Fsp3) is 0.308. The van der Waals surface area contributed by atoms with Crippen molar-refractivity contribution in [1.82, 2.24) is 15.1 Å². The quantitative estimate of drug-likeness (QED) is 0.0901. The number of nitrogens with two attached hydrogens (primary N) is 1. The van der Waals surface area contributed by atoms with Crippen LogP contribution in [-0.4, -0.2) is 82.2 Å². The van der Waals surface area contributed by atoms with Crippen molar-refractivity contribution in [2.24, 2.45) is 10.7 Å². The Morgan fingerprint density at radius 2 is 1.69 bits per heavy atom. The Hall–Kier alpha value is -3.97. The van der Waals surface area contributed by atoms with E-state index in [2.05, 4.69) is 10.3 Å². The van der Waals surface area contributed by atoms with Crippen LogP contribution < -0.4 is 15.8 Å². The lowest BCUT2D eigenvalue weighted by Crippen LogP contribution is -2.54. The second kappa shape index (κ2) is 16.8. The van der Waals surface area contributed by atoms with Gasteiger partial charge in [-0.25, -0.2) is 9.79 Å². The minimum Gasteiger partial charge on any atom is -0.442 e. The topological polar surface area (TPSA) is 178 Å². The van der Waals surface area contributed by atoms with Gasteiger partial charge in [-0.15, -0.1) is 0 Å². The molecule has 2 rings (SSSR count). The molecule has 0 aliphatic carbocycles. The molecule has 0 aromatic heterocycles. The molecule has 0 aliphatic rings. The number of halogens is 1. The van der Waals surface area contributed by atoms with Crippen molar-refractivity contribution in [2.45, 2.75) is 26.0 Å². The van der Waals surface area contributed by atoms with Crippen molar-refractivity contribution < 1.29 is 34.4 Å². The maximum absolute atomic E-state index is 12.8. The van der Waals surface area contributed by atoms with Gasteiger partial charge >= 0.3 is 6.03 Å². The number of ether oxygens (including phenoxy) is 1. The third-order valence-corrected chi connectivity index (χ3v) is 5.14. The first kappa shape index (κ1) is 33.1. The number of urea groups is 1. The summed E-state index contributed by atoms with van der Waals surface area (Å²) in [6.07, 6.45) is 2.01. The number of aliphatic imine (C=N–C) groups is 1. The average Bonchev–Trinajstić information content (AvgIpc) is 2.94. The summed E-state index contributed by atoms with van der Waals surface area (Å²) in [5.41, 5.74) is 4.65. The third kappa shape index (κ3) is 11.1. The Morgan fingerprint density at radius 1 is 1.10 bits per heavy atom. The number of likely N-dealkylation sites (N-methyl/N-ethyl adjacent to an activating group) is 1. The van der Waals surface area contributed by atoms with E-state index in [9.17, 15) is 29.7 Å². The molecule has 12 nitrogen and oxygen atoms in total. The number of nitrogens with zero attached hydrogens (tertiary/aromatic N) is 3. The average molecular weight is 564 g/mol. The molecular weight excluding hydrogens is 530 g/mol. The normalized spacial score (nSPS) is 11.6. The van der Waals surface area contributed by atoms with Crippen molar-refractivity contribution in [3.8, 4) is 5.75 Å². The number of carbonyl (C=O) groups is 3. The van der Waals surface area contributed by atoms with Crippen molar-refractivity contribution in [1.29, 1.82) is 0 Å². The molecule has 13 heteroatoms. The minimum atomic E-state index is -1.92. The molecule has 212 valence electrons. The lowest BCUT2D eigenvalue weighted by Gasteiger charge is -2.30. The van der Waals surface area contributed by atoms with Gasteiger partial charge in [0.1, 0.15) is 17.6 Å². The van der Waals surface area contributed by atoms with Gasteiger partial charge in [0.15, 0.2) is 5.88 Å². The summed E-state index contributed by atoms with van der Waals surface area (Å²) in [6.45, 7) is 2.08. The minimum absolute atomic E-state index is 0.0366. The van der Waals surface area contributed by atoms with Crippen LogP contribution in [0.3, 0.4) is 0 Å². The lowest BCUT2D eigenvalue weighted by molar-refractivity contribution is -0.115. The summed E-state index contributed by atoms with van der Waals surface area (Å²) in [4.78, 5) is 41.9. The summed E-state index contributed by atoms with van der Waals surface area (Å²) in [5.74, 6) is 0.0657. The van der Waals surface area contributed by atoms with Crippen molar-refractivity contribution in [2.75, 3.05) is 26.8 Å². The number of hydrogen-bond acceptors (Lipinski definition) is 9. The van der Waals surface area contributed by atoms with E-state index in [0.717, 1.165) is 15.9 Å². The first-order chi connectivity index (χ1) is 18.6. The lowest BCUT2D eigenvalue weighted by atomic mass is 10.1. The van der Waals surface area contributed by atoms with E-state index in [1.165, 1.54) is 31.3 Å². The smallest absolute Gasteiger partial charge is 0.324 e. The zero-order chi connectivity index (χ0) is 29.4. The van der Waals surface area contributed by atoms with Gasteiger partial charge in [0.25, 0.3) is 0 Å². The monoisotopic (exact) mass is 563 g/mol. The van der Waals surface area contributed by atoms with E-state index in [1.54, 1.807) is 24.3 Å². The van der Waals surface area contributed by atoms with E-state index in [0.29, 0.717) is 34.7 Å². The van der Waals surface area contributed by atoms with Crippen LogP contribution in [0.15, 0.2) is 65.5 Å². The van der Waals surface area contributed by atoms with Crippen molar-refractivity contribution in [3.05, 3.63) is 71.1 Å². The van der Waals surface area contributed by atoms with Gasteiger partial charge in [0.05, 0.1) is 32.0 Å². The number of benzene rings is 2. The first-order valence-electron chi connectivity index (χ1n) is 11.8. The van der Waals surface area contributed by atoms with Gasteiger partial charge in [-0.05, 0) is 42.0 Å². The Morgan fingerprint density at radius 3 is 2.21 bits per heavy atom. The molecule has 0 saturated heterocycles. The number of amides is 3. The summed E-state index contributed by atoms with van der Waals surface area (Å²) in [6, 6.07) is 12.0. The van der Waals surface area contributed by atoms with Gasteiger partial charge in [-0.3, -0.25) is 19.8 Å². The van der Waals surface area contributed by atoms with E-state index in [4.69, 9.17) is 22.1 Å². The Balaban J connectivity index is 0.00000371. The van der Waals surface area contributed by atoms with Crippen molar-refractivity contribution >= 4 is 42.0 Å². The SMILES string of the molecule is CC.CN(CC(O)(CO)CO)C(=O)NC(=Nc1ccc(O/C(N)=C/C=O)cc1)N(C=O)Cc1ccc(Cl)cc1. The van der Waals surface area contributed by atoms with Crippen LogP contribution >= 0.6 is 11.6 Å². The Labute approximate surface area is 232 Å². The van der Waals surface area contributed by atoms with E-state index in [-0.39, 0.29) is 18.4 Å². The number of allylic oxidation sites excluding steroid dienone is 1. The summed E-state index contributed by atoms with van der Waals surface area (Å²) in [5, 5.41) is 31.8. The fourth-order valence-electron chi connectivity index (χ4n) is 2.92. The molecule has 0 atom stereocenters. The van der Waals surface area contributed by atoms with Gasteiger partial charge < -0.3 is 30.7 Å². The van der Waals surface area contributed by atoms with Crippen LogP contribution in [0.1, 0.15) is 19.4 Å². The molecule has 0 heterocycles. The highest BCUT2D eigenvalue weighted by Gasteiger charge is 2.29. The van der Waals surface area contributed by atoms with Crippen LogP contribution in [0.5, 0.6) is 5.75 Å². The molecule has 0 aliphatic heterocycles. The number of hydrogen-bond donors (Lipinski definition) is 5. The molecule has 39 heavy (non-hydrogen) atoms. The standard InChI is InChI=1S/C24H28ClN5O7.C2H6/c1-29(13-24(36,14-32)15-33)23(35)28-22(30(16-34)12-17-2-4-18(25)5-3-17)27-19-6-8-20(9-7-19)37-21(26)10-11-31;1-2/h2-11,16,32-33,36H,12-15,26H2,1H3,(H,27,28,35);1-2H3/b21-10+;. The molecule has 2 aromatic rings. The van der Waals surface area contributed by atoms with Crippen LogP contribution in [-0.2, 0) is 16.1 Å². The van der Waals surface area contributed by atoms with Gasteiger partial charge in [-0.1, -0.05) is 37.6 Å². The molecule has 2 aromatic carbocycles. The molecule has 0 bridgehead atoms. The zero-order valence-electron chi connectivity index (χ0n) is 22.0. The molecule has 0 unspecified atom stereocenters. The van der Waals surface area contributed by atoms with E-state index >= 15 is 0 Å². The zero-order valence-corrected chi connectivity index (χ0v) is 22.7. The van der Waals surface area contributed by atoms with Crippen LogP contribution in [0.2, 0.25) is 5.02 Å². The number of guanidine groups is 1. The predicted octanol–water partition coefficient (Wildman–Crippen LogP) is 1.75. The first-order valence-corrected chi connectivity index (χ1v) is 12.2. The van der Waals surface area contributed by atoms with Crippen LogP contribution in [0, 0.1) is 0 Å². The highest BCUT2D eigenvalue weighted by molar-refractivity contribution is 6.30. The number of nitrogens with one attached hydrogen (secondary N) is 1. The summed E-state index contributed by atoms with van der Waals surface area (Å²) < 4.78 is 5.28. The van der Waals surface area contributed by atoms with E-state index < -0.39 is 31.4 Å². The number of aliphatic hydroxyl groups excluding tert-OH is 2. The Kier molecular flexibility index (Phi) is 14.2. The molecule has 3 amide bonds.